The Labute approximate surface area is 173 Å². The highest BCUT2D eigenvalue weighted by Gasteiger charge is 2.34. The predicted molar refractivity (Wildman–Crippen MR) is 115 cm³/mol. The van der Waals surface area contributed by atoms with Crippen molar-refractivity contribution in [1.82, 2.24) is 15.5 Å². The largest absolute Gasteiger partial charge is 0.353 e. The molecule has 0 bridgehead atoms. The zero-order chi connectivity index (χ0) is 20.6. The second kappa shape index (κ2) is 10.1. The summed E-state index contributed by atoms with van der Waals surface area (Å²) in [5.41, 5.74) is 2.23. The maximum absolute atomic E-state index is 12.9. The van der Waals surface area contributed by atoms with E-state index in [1.807, 2.05) is 55.5 Å². The van der Waals surface area contributed by atoms with Crippen LogP contribution in [-0.2, 0) is 11.3 Å². The molecule has 2 aromatic carbocycles. The first-order chi connectivity index (χ1) is 14.1. The van der Waals surface area contributed by atoms with Crippen molar-refractivity contribution in [3.05, 3.63) is 71.8 Å². The van der Waals surface area contributed by atoms with Crippen molar-refractivity contribution in [2.45, 2.75) is 45.2 Å². The van der Waals surface area contributed by atoms with Crippen LogP contribution in [0.3, 0.4) is 0 Å². The SMILES string of the molecule is CCC(C)NC(=O)C1CC(c2ccccc2)CN(C(=O)NCc2ccccc2)C1. The van der Waals surface area contributed by atoms with Gasteiger partial charge in [0.1, 0.15) is 0 Å². The van der Waals surface area contributed by atoms with Crippen molar-refractivity contribution in [1.29, 1.82) is 0 Å². The Morgan fingerprint density at radius 3 is 2.34 bits per heavy atom. The lowest BCUT2D eigenvalue weighted by Crippen LogP contribution is -2.51. The summed E-state index contributed by atoms with van der Waals surface area (Å²) in [4.78, 5) is 27.5. The lowest BCUT2D eigenvalue weighted by Gasteiger charge is -2.37. The van der Waals surface area contributed by atoms with Gasteiger partial charge in [0.2, 0.25) is 5.91 Å². The van der Waals surface area contributed by atoms with Crippen molar-refractivity contribution < 1.29 is 9.59 Å². The topological polar surface area (TPSA) is 61.4 Å². The van der Waals surface area contributed by atoms with Gasteiger partial charge in [0.05, 0.1) is 5.92 Å². The third kappa shape index (κ3) is 5.83. The van der Waals surface area contributed by atoms with Gasteiger partial charge in [-0.25, -0.2) is 4.79 Å². The van der Waals surface area contributed by atoms with E-state index in [0.717, 1.165) is 18.4 Å². The van der Waals surface area contributed by atoms with Gasteiger partial charge in [0.25, 0.3) is 0 Å². The molecule has 1 fully saturated rings. The molecule has 0 spiro atoms. The van der Waals surface area contributed by atoms with Crippen LogP contribution in [0.25, 0.3) is 0 Å². The molecular formula is C24H31N3O2. The van der Waals surface area contributed by atoms with Crippen LogP contribution in [0.5, 0.6) is 0 Å². The first-order valence-electron chi connectivity index (χ1n) is 10.5. The number of benzene rings is 2. The molecule has 2 N–H and O–H groups in total. The van der Waals surface area contributed by atoms with Crippen LogP contribution in [-0.4, -0.2) is 36.0 Å². The zero-order valence-electron chi connectivity index (χ0n) is 17.3. The van der Waals surface area contributed by atoms with Crippen LogP contribution >= 0.6 is 0 Å². The number of hydrogen-bond donors (Lipinski definition) is 2. The summed E-state index contributed by atoms with van der Waals surface area (Å²) in [5.74, 6) is -0.00798. The molecule has 0 aliphatic carbocycles. The summed E-state index contributed by atoms with van der Waals surface area (Å²) >= 11 is 0. The fraction of sp³-hybridized carbons (Fsp3) is 0.417. The Hall–Kier alpha value is -2.82. The van der Waals surface area contributed by atoms with E-state index in [0.29, 0.717) is 19.6 Å². The summed E-state index contributed by atoms with van der Waals surface area (Å²) in [6.07, 6.45) is 1.65. The molecule has 1 aliphatic heterocycles. The second-order valence-corrected chi connectivity index (χ2v) is 7.91. The molecule has 29 heavy (non-hydrogen) atoms. The molecule has 1 heterocycles. The number of carbonyl (C=O) groups is 2. The Morgan fingerprint density at radius 1 is 1.03 bits per heavy atom. The van der Waals surface area contributed by atoms with Crippen molar-refractivity contribution in [2.24, 2.45) is 5.92 Å². The molecule has 1 saturated heterocycles. The Morgan fingerprint density at radius 2 is 1.69 bits per heavy atom. The van der Waals surface area contributed by atoms with Crippen LogP contribution in [0.15, 0.2) is 60.7 Å². The first kappa shape index (κ1) is 20.9. The van der Waals surface area contributed by atoms with Crippen molar-refractivity contribution in [2.75, 3.05) is 13.1 Å². The number of rotatable bonds is 6. The van der Waals surface area contributed by atoms with Crippen molar-refractivity contribution >= 4 is 11.9 Å². The number of nitrogens with one attached hydrogen (secondary N) is 2. The lowest BCUT2D eigenvalue weighted by molar-refractivity contribution is -0.127. The molecule has 5 nitrogen and oxygen atoms in total. The van der Waals surface area contributed by atoms with Crippen LogP contribution in [0.1, 0.15) is 43.7 Å². The van der Waals surface area contributed by atoms with Gasteiger partial charge in [0.15, 0.2) is 0 Å². The zero-order valence-corrected chi connectivity index (χ0v) is 17.3. The molecule has 2 aromatic rings. The van der Waals surface area contributed by atoms with Crippen LogP contribution in [0.4, 0.5) is 4.79 Å². The van der Waals surface area contributed by atoms with Gasteiger partial charge in [-0.15, -0.1) is 0 Å². The number of likely N-dealkylation sites (tertiary alicyclic amines) is 1. The number of nitrogens with zero attached hydrogens (tertiary/aromatic N) is 1. The van der Waals surface area contributed by atoms with E-state index >= 15 is 0 Å². The summed E-state index contributed by atoms with van der Waals surface area (Å²) < 4.78 is 0. The molecule has 1 aliphatic rings. The number of hydrogen-bond acceptors (Lipinski definition) is 2. The highest BCUT2D eigenvalue weighted by molar-refractivity contribution is 5.81. The van der Waals surface area contributed by atoms with E-state index in [1.54, 1.807) is 4.90 Å². The fourth-order valence-electron chi connectivity index (χ4n) is 3.77. The lowest BCUT2D eigenvalue weighted by atomic mass is 9.84. The number of amides is 3. The minimum Gasteiger partial charge on any atom is -0.353 e. The Kier molecular flexibility index (Phi) is 7.28. The van der Waals surface area contributed by atoms with E-state index in [9.17, 15) is 9.59 Å². The van der Waals surface area contributed by atoms with E-state index in [4.69, 9.17) is 0 Å². The number of carbonyl (C=O) groups excluding carboxylic acids is 2. The number of piperidine rings is 1. The average Bonchev–Trinajstić information content (AvgIpc) is 2.78. The third-order valence-electron chi connectivity index (χ3n) is 5.67. The standard InChI is InChI=1S/C24H31N3O2/c1-3-18(2)26-23(28)22-14-21(20-12-8-5-9-13-20)16-27(17-22)24(29)25-15-19-10-6-4-7-11-19/h4-13,18,21-22H,3,14-17H2,1-2H3,(H,25,29)(H,26,28). The fourth-order valence-corrected chi connectivity index (χ4v) is 3.77. The minimum atomic E-state index is -0.203. The molecule has 0 radical (unpaired) electrons. The van der Waals surface area contributed by atoms with Gasteiger partial charge < -0.3 is 15.5 Å². The normalized spacial score (nSPS) is 20.0. The van der Waals surface area contributed by atoms with Crippen LogP contribution in [0, 0.1) is 5.92 Å². The van der Waals surface area contributed by atoms with E-state index < -0.39 is 0 Å². The summed E-state index contributed by atoms with van der Waals surface area (Å²) in [6.45, 7) is 5.63. The molecule has 3 rings (SSSR count). The van der Waals surface area contributed by atoms with Gasteiger partial charge in [-0.2, -0.15) is 0 Å². The van der Waals surface area contributed by atoms with Gasteiger partial charge in [0, 0.05) is 31.6 Å². The average molecular weight is 394 g/mol. The highest BCUT2D eigenvalue weighted by atomic mass is 16.2. The Balaban J connectivity index is 1.70. The van der Waals surface area contributed by atoms with Crippen LogP contribution in [0.2, 0.25) is 0 Å². The maximum atomic E-state index is 12.9. The maximum Gasteiger partial charge on any atom is 0.317 e. The molecule has 3 amide bonds. The quantitative estimate of drug-likeness (QED) is 0.781. The van der Waals surface area contributed by atoms with Gasteiger partial charge >= 0.3 is 6.03 Å². The highest BCUT2D eigenvalue weighted by Crippen LogP contribution is 2.30. The minimum absolute atomic E-state index is 0.0424. The van der Waals surface area contributed by atoms with Crippen molar-refractivity contribution in [3.8, 4) is 0 Å². The van der Waals surface area contributed by atoms with E-state index in [1.165, 1.54) is 5.56 Å². The molecule has 0 aromatic heterocycles. The number of urea groups is 1. The summed E-state index contributed by atoms with van der Waals surface area (Å²) in [7, 11) is 0. The van der Waals surface area contributed by atoms with Crippen molar-refractivity contribution in [3.63, 3.8) is 0 Å². The van der Waals surface area contributed by atoms with E-state index in [-0.39, 0.29) is 29.8 Å². The van der Waals surface area contributed by atoms with Gasteiger partial charge in [-0.3, -0.25) is 4.79 Å². The molecule has 5 heteroatoms. The molecule has 3 unspecified atom stereocenters. The molecule has 3 atom stereocenters. The second-order valence-electron chi connectivity index (χ2n) is 7.91. The van der Waals surface area contributed by atoms with E-state index in [2.05, 4.69) is 29.7 Å². The first-order valence-corrected chi connectivity index (χ1v) is 10.5. The summed E-state index contributed by atoms with van der Waals surface area (Å²) in [5, 5.41) is 6.10. The molecular weight excluding hydrogens is 362 g/mol. The van der Waals surface area contributed by atoms with Crippen LogP contribution < -0.4 is 10.6 Å². The smallest absolute Gasteiger partial charge is 0.317 e. The van der Waals surface area contributed by atoms with Gasteiger partial charge in [-0.05, 0) is 30.9 Å². The molecule has 154 valence electrons. The third-order valence-corrected chi connectivity index (χ3v) is 5.67. The van der Waals surface area contributed by atoms with Gasteiger partial charge in [-0.1, -0.05) is 67.6 Å². The summed E-state index contributed by atoms with van der Waals surface area (Å²) in [6, 6.07) is 20.1. The predicted octanol–water partition coefficient (Wildman–Crippen LogP) is 3.92. The monoisotopic (exact) mass is 393 g/mol. The molecule has 0 saturated carbocycles. The Bertz CT molecular complexity index is 794.